The van der Waals surface area contributed by atoms with Crippen molar-refractivity contribution >= 4 is 0 Å². The highest BCUT2D eigenvalue weighted by atomic mass is 14.9. The second-order valence-electron chi connectivity index (χ2n) is 4.69. The predicted octanol–water partition coefficient (Wildman–Crippen LogP) is 3.07. The van der Waals surface area contributed by atoms with Gasteiger partial charge in [-0.3, -0.25) is 0 Å². The topological polar surface area (TPSA) is 27.8 Å². The van der Waals surface area contributed by atoms with Crippen LogP contribution in [0.1, 0.15) is 44.1 Å². The summed E-state index contributed by atoms with van der Waals surface area (Å²) in [5, 5.41) is 3.52. The summed E-state index contributed by atoms with van der Waals surface area (Å²) in [7, 11) is 0. The first kappa shape index (κ1) is 10.7. The molecule has 0 aromatic carbocycles. The van der Waals surface area contributed by atoms with Crippen LogP contribution in [0.2, 0.25) is 0 Å². The molecule has 0 unspecified atom stereocenters. The molecule has 0 amide bonds. The fourth-order valence-corrected chi connectivity index (χ4v) is 2.48. The van der Waals surface area contributed by atoms with E-state index >= 15 is 0 Å². The van der Waals surface area contributed by atoms with Gasteiger partial charge in [0.2, 0.25) is 0 Å². The Balaban J connectivity index is 1.54. The Labute approximate surface area is 92.5 Å². The molecule has 2 heteroatoms. The first-order valence-electron chi connectivity index (χ1n) is 6.27. The molecule has 0 saturated heterocycles. The maximum Gasteiger partial charge on any atom is 0.0220 e. The van der Waals surface area contributed by atoms with Crippen LogP contribution in [0, 0.1) is 5.92 Å². The van der Waals surface area contributed by atoms with Crippen LogP contribution in [-0.4, -0.2) is 11.5 Å². The Kier molecular flexibility index (Phi) is 4.27. The molecule has 1 saturated carbocycles. The van der Waals surface area contributed by atoms with Gasteiger partial charge < -0.3 is 10.3 Å². The normalized spacial score (nSPS) is 18.1. The van der Waals surface area contributed by atoms with E-state index in [1.807, 2.05) is 6.20 Å². The van der Waals surface area contributed by atoms with Crippen LogP contribution >= 0.6 is 0 Å². The molecule has 1 aliphatic rings. The second kappa shape index (κ2) is 5.96. The van der Waals surface area contributed by atoms with Gasteiger partial charge in [-0.05, 0) is 30.5 Å². The monoisotopic (exact) mass is 206 g/mol. The van der Waals surface area contributed by atoms with E-state index < -0.39 is 0 Å². The minimum Gasteiger partial charge on any atom is -0.367 e. The molecule has 1 fully saturated rings. The van der Waals surface area contributed by atoms with Crippen molar-refractivity contribution in [3.05, 3.63) is 24.0 Å². The van der Waals surface area contributed by atoms with Gasteiger partial charge in [-0.1, -0.05) is 32.1 Å². The fourth-order valence-electron chi connectivity index (χ4n) is 2.48. The highest BCUT2D eigenvalue weighted by molar-refractivity contribution is 5.07. The van der Waals surface area contributed by atoms with E-state index in [2.05, 4.69) is 22.6 Å². The third-order valence-electron chi connectivity index (χ3n) is 3.45. The van der Waals surface area contributed by atoms with E-state index in [4.69, 9.17) is 0 Å². The van der Waals surface area contributed by atoms with Crippen LogP contribution in [0.4, 0.5) is 0 Å². The summed E-state index contributed by atoms with van der Waals surface area (Å²) in [6, 6.07) is 2.13. The standard InChI is InChI=1S/C13H22N2/c1-2-4-12(5-3-1)6-8-14-10-13-7-9-15-11-13/h7,9,11-12,14-15H,1-6,8,10H2. The van der Waals surface area contributed by atoms with Crippen molar-refractivity contribution in [1.29, 1.82) is 0 Å². The van der Waals surface area contributed by atoms with E-state index in [9.17, 15) is 0 Å². The average molecular weight is 206 g/mol. The molecule has 1 aliphatic carbocycles. The molecule has 2 nitrogen and oxygen atoms in total. The second-order valence-corrected chi connectivity index (χ2v) is 4.69. The smallest absolute Gasteiger partial charge is 0.0220 e. The maximum absolute atomic E-state index is 3.52. The van der Waals surface area contributed by atoms with Gasteiger partial charge in [0.15, 0.2) is 0 Å². The summed E-state index contributed by atoms with van der Waals surface area (Å²) >= 11 is 0. The predicted molar refractivity (Wildman–Crippen MR) is 63.7 cm³/mol. The minimum absolute atomic E-state index is 0.998. The number of aromatic amines is 1. The highest BCUT2D eigenvalue weighted by Gasteiger charge is 2.12. The number of hydrogen-bond donors (Lipinski definition) is 2. The Morgan fingerprint density at radius 3 is 2.87 bits per heavy atom. The first-order chi connectivity index (χ1) is 7.45. The third-order valence-corrected chi connectivity index (χ3v) is 3.45. The lowest BCUT2D eigenvalue weighted by Gasteiger charge is -2.21. The number of H-pyrrole nitrogens is 1. The zero-order valence-corrected chi connectivity index (χ0v) is 9.47. The minimum atomic E-state index is 0.998. The molecular weight excluding hydrogens is 184 g/mol. The molecule has 0 radical (unpaired) electrons. The Hall–Kier alpha value is -0.760. The molecule has 0 atom stereocenters. The van der Waals surface area contributed by atoms with Crippen LogP contribution in [-0.2, 0) is 6.54 Å². The van der Waals surface area contributed by atoms with E-state index in [1.54, 1.807) is 0 Å². The van der Waals surface area contributed by atoms with Gasteiger partial charge >= 0.3 is 0 Å². The zero-order chi connectivity index (χ0) is 10.3. The lowest BCUT2D eigenvalue weighted by atomic mass is 9.87. The molecule has 2 rings (SSSR count). The highest BCUT2D eigenvalue weighted by Crippen LogP contribution is 2.25. The molecule has 1 heterocycles. The van der Waals surface area contributed by atoms with E-state index in [0.29, 0.717) is 0 Å². The largest absolute Gasteiger partial charge is 0.367 e. The molecule has 84 valence electrons. The fraction of sp³-hybridized carbons (Fsp3) is 0.692. The molecule has 15 heavy (non-hydrogen) atoms. The summed E-state index contributed by atoms with van der Waals surface area (Å²) in [6.45, 7) is 2.19. The van der Waals surface area contributed by atoms with Crippen LogP contribution in [0.25, 0.3) is 0 Å². The van der Waals surface area contributed by atoms with Gasteiger partial charge in [0.1, 0.15) is 0 Å². The Morgan fingerprint density at radius 2 is 2.13 bits per heavy atom. The molecule has 2 N–H and O–H groups in total. The summed E-state index contributed by atoms with van der Waals surface area (Å²) in [5.74, 6) is 0.998. The van der Waals surface area contributed by atoms with Crippen LogP contribution in [0.5, 0.6) is 0 Å². The van der Waals surface area contributed by atoms with Crippen molar-refractivity contribution in [3.63, 3.8) is 0 Å². The molecular formula is C13H22N2. The van der Waals surface area contributed by atoms with Gasteiger partial charge in [-0.25, -0.2) is 0 Å². The summed E-state index contributed by atoms with van der Waals surface area (Å²) < 4.78 is 0. The van der Waals surface area contributed by atoms with Crippen molar-refractivity contribution in [2.24, 2.45) is 5.92 Å². The summed E-state index contributed by atoms with van der Waals surface area (Å²) in [4.78, 5) is 3.08. The number of nitrogens with one attached hydrogen (secondary N) is 2. The molecule has 0 aliphatic heterocycles. The van der Waals surface area contributed by atoms with Gasteiger partial charge in [0.25, 0.3) is 0 Å². The van der Waals surface area contributed by atoms with Crippen LogP contribution in [0.3, 0.4) is 0 Å². The number of aromatic nitrogens is 1. The number of hydrogen-bond acceptors (Lipinski definition) is 1. The van der Waals surface area contributed by atoms with E-state index in [0.717, 1.165) is 12.5 Å². The van der Waals surface area contributed by atoms with E-state index in [-0.39, 0.29) is 0 Å². The SMILES string of the molecule is c1cc(CNCCC2CCCCC2)c[nH]1. The molecule has 1 aromatic heterocycles. The zero-order valence-electron chi connectivity index (χ0n) is 9.47. The van der Waals surface area contributed by atoms with Gasteiger partial charge in [-0.2, -0.15) is 0 Å². The molecule has 0 spiro atoms. The third kappa shape index (κ3) is 3.71. The van der Waals surface area contributed by atoms with Crippen molar-refractivity contribution in [2.45, 2.75) is 45.1 Å². The molecule has 1 aromatic rings. The summed E-state index contributed by atoms with van der Waals surface area (Å²) in [5.41, 5.74) is 1.36. The molecule has 0 bridgehead atoms. The van der Waals surface area contributed by atoms with Gasteiger partial charge in [0, 0.05) is 18.9 Å². The van der Waals surface area contributed by atoms with Crippen molar-refractivity contribution in [3.8, 4) is 0 Å². The Morgan fingerprint density at radius 1 is 1.27 bits per heavy atom. The van der Waals surface area contributed by atoms with Crippen LogP contribution < -0.4 is 5.32 Å². The van der Waals surface area contributed by atoms with Crippen molar-refractivity contribution in [2.75, 3.05) is 6.54 Å². The first-order valence-corrected chi connectivity index (χ1v) is 6.27. The maximum atomic E-state index is 3.52. The summed E-state index contributed by atoms with van der Waals surface area (Å²) in [6.07, 6.45) is 12.7. The lowest BCUT2D eigenvalue weighted by Crippen LogP contribution is -2.18. The van der Waals surface area contributed by atoms with Gasteiger partial charge in [0.05, 0.1) is 0 Å². The average Bonchev–Trinajstić information content (AvgIpc) is 2.79. The van der Waals surface area contributed by atoms with Crippen molar-refractivity contribution < 1.29 is 0 Å². The lowest BCUT2D eigenvalue weighted by molar-refractivity contribution is 0.334. The number of rotatable bonds is 5. The Bertz CT molecular complexity index is 248. The van der Waals surface area contributed by atoms with E-state index in [1.165, 1.54) is 50.6 Å². The van der Waals surface area contributed by atoms with Gasteiger partial charge in [-0.15, -0.1) is 0 Å². The quantitative estimate of drug-likeness (QED) is 0.712. The van der Waals surface area contributed by atoms with Crippen molar-refractivity contribution in [1.82, 2.24) is 10.3 Å². The van der Waals surface area contributed by atoms with Crippen LogP contribution in [0.15, 0.2) is 18.5 Å².